The van der Waals surface area contributed by atoms with E-state index >= 15 is 0 Å². The molecular weight excluding hydrogens is 142 g/mol. The van der Waals surface area contributed by atoms with E-state index in [9.17, 15) is 4.79 Å². The number of primary amides is 1. The maximum absolute atomic E-state index is 10.5. The van der Waals surface area contributed by atoms with Crippen molar-refractivity contribution in [2.75, 3.05) is 6.54 Å². The van der Waals surface area contributed by atoms with Crippen LogP contribution in [0.25, 0.3) is 0 Å². The number of carbonyl (C=O) groups is 1. The first-order valence-electron chi connectivity index (χ1n) is 4.00. The lowest BCUT2D eigenvalue weighted by molar-refractivity contribution is 0.242. The molecule has 2 amide bonds. The van der Waals surface area contributed by atoms with Crippen molar-refractivity contribution < 1.29 is 4.79 Å². The van der Waals surface area contributed by atoms with Crippen molar-refractivity contribution in [1.82, 2.24) is 5.32 Å². The Kier molecular flexibility index (Phi) is 2.70. The van der Waals surface area contributed by atoms with Gasteiger partial charge >= 0.3 is 6.03 Å². The van der Waals surface area contributed by atoms with Crippen molar-refractivity contribution in [3.05, 3.63) is 0 Å². The van der Waals surface area contributed by atoms with E-state index in [1.165, 1.54) is 0 Å². The van der Waals surface area contributed by atoms with Crippen LogP contribution in [-0.2, 0) is 0 Å². The van der Waals surface area contributed by atoms with Crippen LogP contribution in [0, 0.1) is 5.92 Å². The molecule has 1 fully saturated rings. The van der Waals surface area contributed by atoms with Crippen LogP contribution in [-0.4, -0.2) is 18.6 Å². The molecule has 0 aromatic carbocycles. The Morgan fingerprint density at radius 1 is 1.55 bits per heavy atom. The number of hydrogen-bond donors (Lipinski definition) is 3. The lowest BCUT2D eigenvalue weighted by Crippen LogP contribution is -2.42. The van der Waals surface area contributed by atoms with Crippen LogP contribution in [0.5, 0.6) is 0 Å². The van der Waals surface area contributed by atoms with Crippen molar-refractivity contribution in [2.45, 2.75) is 25.3 Å². The fourth-order valence-electron chi connectivity index (χ4n) is 1.69. The third-order valence-corrected chi connectivity index (χ3v) is 2.29. The van der Waals surface area contributed by atoms with Gasteiger partial charge in [-0.25, -0.2) is 4.79 Å². The summed E-state index contributed by atoms with van der Waals surface area (Å²) in [6.45, 7) is 0.644. The number of hydrogen-bond acceptors (Lipinski definition) is 2. The molecule has 0 radical (unpaired) electrons. The minimum atomic E-state index is -0.435. The molecule has 0 unspecified atom stereocenters. The van der Waals surface area contributed by atoms with E-state index in [0.717, 1.165) is 19.3 Å². The predicted octanol–water partition coefficient (Wildman–Crippen LogP) is -0.218. The molecule has 0 aromatic heterocycles. The van der Waals surface area contributed by atoms with Crippen molar-refractivity contribution >= 4 is 6.03 Å². The average Bonchev–Trinajstić information content (AvgIpc) is 2.34. The largest absolute Gasteiger partial charge is 0.352 e. The van der Waals surface area contributed by atoms with Crippen LogP contribution in [0.2, 0.25) is 0 Å². The van der Waals surface area contributed by atoms with Crippen LogP contribution < -0.4 is 16.8 Å². The zero-order valence-electron chi connectivity index (χ0n) is 6.55. The van der Waals surface area contributed by atoms with Crippen molar-refractivity contribution in [1.29, 1.82) is 0 Å². The minimum absolute atomic E-state index is 0.220. The van der Waals surface area contributed by atoms with E-state index in [1.54, 1.807) is 0 Å². The van der Waals surface area contributed by atoms with E-state index in [-0.39, 0.29) is 6.04 Å². The fraction of sp³-hybridized carbons (Fsp3) is 0.857. The first-order valence-corrected chi connectivity index (χ1v) is 4.00. The number of amides is 2. The van der Waals surface area contributed by atoms with Gasteiger partial charge in [0, 0.05) is 6.04 Å². The van der Waals surface area contributed by atoms with Gasteiger partial charge in [0.15, 0.2) is 0 Å². The van der Waals surface area contributed by atoms with Gasteiger partial charge in [0.05, 0.1) is 0 Å². The topological polar surface area (TPSA) is 81.1 Å². The second-order valence-electron chi connectivity index (χ2n) is 3.04. The summed E-state index contributed by atoms with van der Waals surface area (Å²) in [5.41, 5.74) is 10.5. The zero-order valence-corrected chi connectivity index (χ0v) is 6.55. The zero-order chi connectivity index (χ0) is 8.27. The van der Waals surface area contributed by atoms with E-state index in [0.29, 0.717) is 12.5 Å². The third kappa shape index (κ3) is 2.08. The highest BCUT2D eigenvalue weighted by Crippen LogP contribution is 2.24. The fourth-order valence-corrected chi connectivity index (χ4v) is 1.69. The van der Waals surface area contributed by atoms with E-state index in [2.05, 4.69) is 5.32 Å². The highest BCUT2D eigenvalue weighted by atomic mass is 16.2. The molecule has 1 rings (SSSR count). The lowest BCUT2D eigenvalue weighted by atomic mass is 10.0. The second-order valence-corrected chi connectivity index (χ2v) is 3.04. The first kappa shape index (κ1) is 8.33. The van der Waals surface area contributed by atoms with E-state index < -0.39 is 6.03 Å². The SMILES string of the molecule is NC[C@H]1CCC[C@@H]1NC(N)=O. The number of nitrogens with two attached hydrogens (primary N) is 2. The summed E-state index contributed by atoms with van der Waals surface area (Å²) in [6, 6.07) is -0.215. The summed E-state index contributed by atoms with van der Waals surface area (Å²) in [6.07, 6.45) is 3.28. The number of nitrogens with one attached hydrogen (secondary N) is 1. The molecule has 4 heteroatoms. The van der Waals surface area contributed by atoms with Crippen molar-refractivity contribution in [3.63, 3.8) is 0 Å². The maximum Gasteiger partial charge on any atom is 0.312 e. The molecule has 0 aromatic rings. The Hall–Kier alpha value is -0.770. The summed E-state index contributed by atoms with van der Waals surface area (Å²) in [5.74, 6) is 0.433. The lowest BCUT2D eigenvalue weighted by Gasteiger charge is -2.17. The number of rotatable bonds is 2. The Bertz CT molecular complexity index is 149. The standard InChI is InChI=1S/C7H15N3O/c8-4-5-2-1-3-6(5)10-7(9)11/h5-6H,1-4,8H2,(H3,9,10,11)/t5-,6+/m1/s1. The quantitative estimate of drug-likeness (QED) is 0.518. The van der Waals surface area contributed by atoms with Gasteiger partial charge in [-0.15, -0.1) is 0 Å². The molecule has 1 aliphatic carbocycles. The summed E-state index contributed by atoms with van der Waals surface area (Å²) < 4.78 is 0. The molecule has 0 aliphatic heterocycles. The van der Waals surface area contributed by atoms with Crippen molar-refractivity contribution in [2.24, 2.45) is 17.4 Å². The smallest absolute Gasteiger partial charge is 0.312 e. The molecule has 64 valence electrons. The molecule has 0 heterocycles. The average molecular weight is 157 g/mol. The van der Waals surface area contributed by atoms with Gasteiger partial charge in [-0.05, 0) is 25.3 Å². The Labute approximate surface area is 66.3 Å². The number of urea groups is 1. The predicted molar refractivity (Wildman–Crippen MR) is 42.9 cm³/mol. The molecule has 0 spiro atoms. The molecule has 0 bridgehead atoms. The van der Waals surface area contributed by atoms with Crippen LogP contribution in [0.4, 0.5) is 4.79 Å². The van der Waals surface area contributed by atoms with Gasteiger partial charge in [-0.2, -0.15) is 0 Å². The molecule has 5 N–H and O–H groups in total. The molecule has 1 aliphatic rings. The molecule has 11 heavy (non-hydrogen) atoms. The second kappa shape index (κ2) is 3.57. The Balaban J connectivity index is 2.37. The maximum atomic E-state index is 10.5. The number of carbonyl (C=O) groups excluding carboxylic acids is 1. The summed E-state index contributed by atoms with van der Waals surface area (Å²) in [7, 11) is 0. The Morgan fingerprint density at radius 2 is 2.27 bits per heavy atom. The van der Waals surface area contributed by atoms with Crippen LogP contribution in [0.1, 0.15) is 19.3 Å². The highest BCUT2D eigenvalue weighted by molar-refractivity contribution is 5.72. The molecular formula is C7H15N3O. The molecule has 0 saturated heterocycles. The highest BCUT2D eigenvalue weighted by Gasteiger charge is 2.26. The summed E-state index contributed by atoms with van der Waals surface area (Å²) in [5, 5.41) is 2.70. The van der Waals surface area contributed by atoms with Gasteiger partial charge in [-0.1, -0.05) is 6.42 Å². The van der Waals surface area contributed by atoms with Gasteiger partial charge in [0.1, 0.15) is 0 Å². The van der Waals surface area contributed by atoms with Gasteiger partial charge in [0.25, 0.3) is 0 Å². The van der Waals surface area contributed by atoms with Gasteiger partial charge in [0.2, 0.25) is 0 Å². The third-order valence-electron chi connectivity index (χ3n) is 2.29. The monoisotopic (exact) mass is 157 g/mol. The van der Waals surface area contributed by atoms with Crippen molar-refractivity contribution in [3.8, 4) is 0 Å². The molecule has 4 nitrogen and oxygen atoms in total. The van der Waals surface area contributed by atoms with Crippen LogP contribution >= 0.6 is 0 Å². The van der Waals surface area contributed by atoms with E-state index in [1.807, 2.05) is 0 Å². The minimum Gasteiger partial charge on any atom is -0.352 e. The summed E-state index contributed by atoms with van der Waals surface area (Å²) in [4.78, 5) is 10.5. The van der Waals surface area contributed by atoms with Gasteiger partial charge in [-0.3, -0.25) is 0 Å². The van der Waals surface area contributed by atoms with Gasteiger partial charge < -0.3 is 16.8 Å². The summed E-state index contributed by atoms with van der Waals surface area (Å²) >= 11 is 0. The van der Waals surface area contributed by atoms with Crippen LogP contribution in [0.15, 0.2) is 0 Å². The molecule has 2 atom stereocenters. The Morgan fingerprint density at radius 3 is 2.82 bits per heavy atom. The molecule has 1 saturated carbocycles. The van der Waals surface area contributed by atoms with E-state index in [4.69, 9.17) is 11.5 Å². The normalized spacial score (nSPS) is 30.3. The van der Waals surface area contributed by atoms with Crippen LogP contribution in [0.3, 0.4) is 0 Å². The first-order chi connectivity index (χ1) is 5.24.